The summed E-state index contributed by atoms with van der Waals surface area (Å²) in [6.45, 7) is 0. The van der Waals surface area contributed by atoms with Gasteiger partial charge in [-0.3, -0.25) is 4.79 Å². The molecule has 2 aromatic carbocycles. The van der Waals surface area contributed by atoms with Crippen molar-refractivity contribution in [2.45, 2.75) is 37.6 Å². The highest BCUT2D eigenvalue weighted by molar-refractivity contribution is 5.85. The lowest BCUT2D eigenvalue weighted by Gasteiger charge is -2.26. The molecule has 0 fully saturated rings. The molecule has 0 spiro atoms. The highest BCUT2D eigenvalue weighted by atomic mass is 16.1. The Hall–Kier alpha value is -1.93. The van der Waals surface area contributed by atoms with Crippen LogP contribution >= 0.6 is 0 Å². The van der Waals surface area contributed by atoms with Crippen LogP contribution in [-0.2, 0) is 11.2 Å². The third-order valence-electron chi connectivity index (χ3n) is 4.45. The summed E-state index contributed by atoms with van der Waals surface area (Å²) in [5, 5.41) is 0. The maximum absolute atomic E-state index is 12.5. The largest absolute Gasteiger partial charge is 0.318 e. The fourth-order valence-electron chi connectivity index (χ4n) is 3.28. The molecule has 1 aliphatic carbocycles. The van der Waals surface area contributed by atoms with E-state index in [1.165, 1.54) is 11.1 Å². The zero-order valence-corrected chi connectivity index (χ0v) is 12.2. The maximum Gasteiger partial charge on any atom is 0.154 e. The standard InChI is InChI=1S/C19H21NO/c20-19(15-8-2-1-3-9-15)18(21)13-16-11-6-10-14-7-4-5-12-17(14)16/h1-5,7-9,12,16,19H,6,10-11,13,20H2/t16?,19-/m1/s1. The predicted molar refractivity (Wildman–Crippen MR) is 85.1 cm³/mol. The van der Waals surface area contributed by atoms with Crippen LogP contribution in [0.4, 0.5) is 0 Å². The number of carbonyl (C=O) groups excluding carboxylic acids is 1. The van der Waals surface area contributed by atoms with Crippen LogP contribution in [0.25, 0.3) is 0 Å². The number of rotatable bonds is 4. The summed E-state index contributed by atoms with van der Waals surface area (Å²) >= 11 is 0. The van der Waals surface area contributed by atoms with Gasteiger partial charge in [-0.1, -0.05) is 54.6 Å². The molecule has 0 heterocycles. The first-order valence-electron chi connectivity index (χ1n) is 7.67. The topological polar surface area (TPSA) is 43.1 Å². The van der Waals surface area contributed by atoms with Crippen molar-refractivity contribution in [3.8, 4) is 0 Å². The Morgan fingerprint density at radius 1 is 1.10 bits per heavy atom. The van der Waals surface area contributed by atoms with Gasteiger partial charge in [0, 0.05) is 6.42 Å². The molecule has 108 valence electrons. The normalized spacial score (nSPS) is 18.8. The second kappa shape index (κ2) is 6.23. The number of hydrogen-bond donors (Lipinski definition) is 1. The SMILES string of the molecule is N[C@@H](C(=O)CC1CCCc2ccccc21)c1ccccc1. The van der Waals surface area contributed by atoms with Crippen molar-refractivity contribution in [2.75, 3.05) is 0 Å². The molecule has 2 aromatic rings. The Bertz CT molecular complexity index is 620. The number of nitrogens with two attached hydrogens (primary N) is 1. The van der Waals surface area contributed by atoms with Gasteiger partial charge in [-0.25, -0.2) is 0 Å². The Morgan fingerprint density at radius 3 is 2.62 bits per heavy atom. The van der Waals surface area contributed by atoms with Crippen LogP contribution in [0.3, 0.4) is 0 Å². The third kappa shape index (κ3) is 3.06. The molecule has 2 N–H and O–H groups in total. The highest BCUT2D eigenvalue weighted by Gasteiger charge is 2.25. The molecule has 0 radical (unpaired) electrons. The number of Topliss-reactive ketones (excluding diaryl/α,β-unsaturated/α-hetero) is 1. The van der Waals surface area contributed by atoms with E-state index >= 15 is 0 Å². The summed E-state index contributed by atoms with van der Waals surface area (Å²) in [5.41, 5.74) is 9.78. The molecule has 2 atom stereocenters. The van der Waals surface area contributed by atoms with Crippen molar-refractivity contribution >= 4 is 5.78 Å². The number of hydrogen-bond acceptors (Lipinski definition) is 2. The zero-order valence-electron chi connectivity index (χ0n) is 12.2. The van der Waals surface area contributed by atoms with E-state index < -0.39 is 6.04 Å². The van der Waals surface area contributed by atoms with Gasteiger partial charge < -0.3 is 5.73 Å². The number of ketones is 1. The van der Waals surface area contributed by atoms with E-state index in [4.69, 9.17) is 5.73 Å². The molecular formula is C19H21NO. The Balaban J connectivity index is 1.74. The summed E-state index contributed by atoms with van der Waals surface area (Å²) in [6.07, 6.45) is 3.93. The lowest BCUT2D eigenvalue weighted by molar-refractivity contribution is -0.120. The Labute approximate surface area is 126 Å². The van der Waals surface area contributed by atoms with Gasteiger partial charge in [0.2, 0.25) is 0 Å². The first-order chi connectivity index (χ1) is 10.3. The fourth-order valence-corrected chi connectivity index (χ4v) is 3.28. The Morgan fingerprint density at radius 2 is 1.81 bits per heavy atom. The van der Waals surface area contributed by atoms with Crippen LogP contribution in [-0.4, -0.2) is 5.78 Å². The molecule has 0 aliphatic heterocycles. The molecule has 1 aliphatic rings. The van der Waals surface area contributed by atoms with Crippen LogP contribution in [0.5, 0.6) is 0 Å². The number of fused-ring (bicyclic) bond motifs is 1. The van der Waals surface area contributed by atoms with Crippen molar-refractivity contribution in [1.82, 2.24) is 0 Å². The summed E-state index contributed by atoms with van der Waals surface area (Å²) in [4.78, 5) is 12.5. The monoisotopic (exact) mass is 279 g/mol. The molecule has 2 heteroatoms. The van der Waals surface area contributed by atoms with Crippen LogP contribution in [0.1, 0.15) is 47.9 Å². The summed E-state index contributed by atoms with van der Waals surface area (Å²) in [6, 6.07) is 17.7. The first kappa shape index (κ1) is 14.0. The van der Waals surface area contributed by atoms with E-state index in [9.17, 15) is 4.79 Å². The van der Waals surface area contributed by atoms with Crippen LogP contribution in [0.15, 0.2) is 54.6 Å². The summed E-state index contributed by atoms with van der Waals surface area (Å²) in [7, 11) is 0. The average molecular weight is 279 g/mol. The highest BCUT2D eigenvalue weighted by Crippen LogP contribution is 2.34. The molecule has 0 amide bonds. The van der Waals surface area contributed by atoms with Crippen molar-refractivity contribution in [2.24, 2.45) is 5.73 Å². The van der Waals surface area contributed by atoms with Gasteiger partial charge in [0.25, 0.3) is 0 Å². The van der Waals surface area contributed by atoms with E-state index in [0.29, 0.717) is 12.3 Å². The van der Waals surface area contributed by atoms with E-state index in [1.54, 1.807) is 0 Å². The van der Waals surface area contributed by atoms with Gasteiger partial charge >= 0.3 is 0 Å². The van der Waals surface area contributed by atoms with Gasteiger partial charge in [0.05, 0.1) is 6.04 Å². The van der Waals surface area contributed by atoms with E-state index in [1.807, 2.05) is 30.3 Å². The number of benzene rings is 2. The van der Waals surface area contributed by atoms with Crippen LogP contribution in [0.2, 0.25) is 0 Å². The number of aryl methyl sites for hydroxylation is 1. The van der Waals surface area contributed by atoms with E-state index in [2.05, 4.69) is 24.3 Å². The van der Waals surface area contributed by atoms with Crippen molar-refractivity contribution in [1.29, 1.82) is 0 Å². The van der Waals surface area contributed by atoms with Crippen molar-refractivity contribution in [3.05, 3.63) is 71.3 Å². The Kier molecular flexibility index (Phi) is 4.16. The maximum atomic E-state index is 12.5. The van der Waals surface area contributed by atoms with Crippen molar-refractivity contribution < 1.29 is 4.79 Å². The summed E-state index contributed by atoms with van der Waals surface area (Å²) in [5.74, 6) is 0.472. The second-order valence-corrected chi connectivity index (χ2v) is 5.85. The van der Waals surface area contributed by atoms with Gasteiger partial charge in [0.15, 0.2) is 5.78 Å². The quantitative estimate of drug-likeness (QED) is 0.926. The molecule has 0 saturated heterocycles. The molecule has 3 rings (SSSR count). The lowest BCUT2D eigenvalue weighted by atomic mass is 9.79. The number of carbonyl (C=O) groups is 1. The van der Waals surface area contributed by atoms with Crippen molar-refractivity contribution in [3.63, 3.8) is 0 Å². The van der Waals surface area contributed by atoms with Gasteiger partial charge in [-0.2, -0.15) is 0 Å². The molecule has 0 saturated carbocycles. The molecular weight excluding hydrogens is 258 g/mol. The molecule has 2 nitrogen and oxygen atoms in total. The molecule has 21 heavy (non-hydrogen) atoms. The fraction of sp³-hybridized carbons (Fsp3) is 0.316. The van der Waals surface area contributed by atoms with Gasteiger partial charge in [-0.05, 0) is 41.9 Å². The lowest BCUT2D eigenvalue weighted by Crippen LogP contribution is -2.24. The molecule has 0 bridgehead atoms. The van der Waals surface area contributed by atoms with Crippen LogP contribution in [0, 0.1) is 0 Å². The van der Waals surface area contributed by atoms with Gasteiger partial charge in [-0.15, -0.1) is 0 Å². The minimum Gasteiger partial charge on any atom is -0.318 e. The molecule has 1 unspecified atom stereocenters. The molecule has 0 aromatic heterocycles. The average Bonchev–Trinajstić information content (AvgIpc) is 2.55. The zero-order chi connectivity index (χ0) is 14.7. The van der Waals surface area contributed by atoms with E-state index in [-0.39, 0.29) is 5.78 Å². The second-order valence-electron chi connectivity index (χ2n) is 5.85. The summed E-state index contributed by atoms with van der Waals surface area (Å²) < 4.78 is 0. The smallest absolute Gasteiger partial charge is 0.154 e. The third-order valence-corrected chi connectivity index (χ3v) is 4.45. The minimum absolute atomic E-state index is 0.142. The van der Waals surface area contributed by atoms with Crippen LogP contribution < -0.4 is 5.73 Å². The first-order valence-corrected chi connectivity index (χ1v) is 7.67. The van der Waals surface area contributed by atoms with E-state index in [0.717, 1.165) is 24.8 Å². The van der Waals surface area contributed by atoms with Gasteiger partial charge in [0.1, 0.15) is 0 Å². The predicted octanol–water partition coefficient (Wildman–Crippen LogP) is 3.77. The minimum atomic E-state index is -0.500.